The average molecular weight is 415 g/mol. The summed E-state index contributed by atoms with van der Waals surface area (Å²) in [5, 5.41) is 11.0. The Morgan fingerprint density at radius 1 is 1.16 bits per heavy atom. The summed E-state index contributed by atoms with van der Waals surface area (Å²) in [7, 11) is 0. The van der Waals surface area contributed by atoms with Crippen molar-refractivity contribution >= 4 is 11.9 Å². The number of ether oxygens (including phenoxy) is 1. The van der Waals surface area contributed by atoms with Crippen LogP contribution in [0.4, 0.5) is 0 Å². The molecule has 3 heteroatoms. The first-order valence-electron chi connectivity index (χ1n) is 11.1. The molecule has 0 amide bonds. The molecule has 0 heterocycles. The molecule has 31 heavy (non-hydrogen) atoms. The summed E-state index contributed by atoms with van der Waals surface area (Å²) in [5.74, 6) is 0.681. The van der Waals surface area contributed by atoms with Crippen LogP contribution in [0.15, 0.2) is 84.5 Å². The molecule has 1 N–H and O–H groups in total. The molecule has 1 fully saturated rings. The normalized spacial score (nSPS) is 26.8. The van der Waals surface area contributed by atoms with Gasteiger partial charge in [0.15, 0.2) is 5.78 Å². The SMILES string of the molecule is C=CC[C@@]12C(=CC(=O)/C(=C/c3ccccc3OCc3ccccc3)[C@@H]1C)CCC[C@@H]2O. The van der Waals surface area contributed by atoms with Gasteiger partial charge >= 0.3 is 0 Å². The molecule has 0 aliphatic heterocycles. The van der Waals surface area contributed by atoms with Gasteiger partial charge < -0.3 is 9.84 Å². The molecule has 160 valence electrons. The molecule has 0 spiro atoms. The van der Waals surface area contributed by atoms with Gasteiger partial charge in [-0.3, -0.25) is 4.79 Å². The highest BCUT2D eigenvalue weighted by atomic mass is 16.5. The van der Waals surface area contributed by atoms with E-state index in [0.717, 1.165) is 47.3 Å². The van der Waals surface area contributed by atoms with E-state index in [1.807, 2.05) is 66.7 Å². The molecule has 2 aromatic carbocycles. The number of hydrogen-bond acceptors (Lipinski definition) is 3. The molecular weight excluding hydrogens is 384 g/mol. The molecule has 0 unspecified atom stereocenters. The summed E-state index contributed by atoms with van der Waals surface area (Å²) in [4.78, 5) is 13.1. The Morgan fingerprint density at radius 2 is 1.90 bits per heavy atom. The van der Waals surface area contributed by atoms with Crippen LogP contribution in [0.3, 0.4) is 0 Å². The minimum atomic E-state index is -0.471. The summed E-state index contributed by atoms with van der Waals surface area (Å²) >= 11 is 0. The Balaban J connectivity index is 1.69. The summed E-state index contributed by atoms with van der Waals surface area (Å²) in [6.45, 7) is 6.48. The number of fused-ring (bicyclic) bond motifs is 1. The molecule has 3 nitrogen and oxygen atoms in total. The predicted octanol–water partition coefficient (Wildman–Crippen LogP) is 5.90. The largest absolute Gasteiger partial charge is 0.488 e. The second-order valence-electron chi connectivity index (χ2n) is 8.61. The molecule has 0 aromatic heterocycles. The number of benzene rings is 2. The topological polar surface area (TPSA) is 46.5 Å². The number of para-hydroxylation sites is 1. The van der Waals surface area contributed by atoms with E-state index in [0.29, 0.717) is 13.0 Å². The van der Waals surface area contributed by atoms with Crippen molar-refractivity contribution in [1.82, 2.24) is 0 Å². The Bertz CT molecular complexity index is 1020. The first-order valence-corrected chi connectivity index (χ1v) is 11.1. The van der Waals surface area contributed by atoms with E-state index in [1.165, 1.54) is 0 Å². The minimum absolute atomic E-state index is 0.0362. The molecule has 0 radical (unpaired) electrons. The molecule has 1 saturated carbocycles. The van der Waals surface area contributed by atoms with Gasteiger partial charge in [0, 0.05) is 16.6 Å². The van der Waals surface area contributed by atoms with Crippen molar-refractivity contribution in [3.05, 3.63) is 95.6 Å². The van der Waals surface area contributed by atoms with Crippen LogP contribution in [-0.2, 0) is 11.4 Å². The standard InChI is InChI=1S/C28H30O3/c1-3-16-28-20(2)24(25(29)18-23(28)13-9-15-27(28)30)17-22-12-7-8-14-26(22)31-19-21-10-5-4-6-11-21/h3-8,10-12,14,17-18,20,27,30H,1,9,13,15-16,19H2,2H3/b24-17+/t20-,27-,28-/m0/s1. The van der Waals surface area contributed by atoms with Crippen molar-refractivity contribution in [3.63, 3.8) is 0 Å². The zero-order valence-corrected chi connectivity index (χ0v) is 18.1. The van der Waals surface area contributed by atoms with Crippen LogP contribution in [0, 0.1) is 11.3 Å². The minimum Gasteiger partial charge on any atom is -0.488 e. The average Bonchev–Trinajstić information content (AvgIpc) is 2.78. The Hall–Kier alpha value is -2.91. The Kier molecular flexibility index (Phi) is 6.24. The van der Waals surface area contributed by atoms with Crippen molar-refractivity contribution in [2.24, 2.45) is 11.3 Å². The van der Waals surface area contributed by atoms with E-state index < -0.39 is 11.5 Å². The predicted molar refractivity (Wildman–Crippen MR) is 125 cm³/mol. The van der Waals surface area contributed by atoms with Gasteiger partial charge in [-0.1, -0.05) is 67.1 Å². The maximum Gasteiger partial charge on any atom is 0.182 e. The molecule has 2 aliphatic rings. The molecule has 2 aromatic rings. The van der Waals surface area contributed by atoms with Crippen molar-refractivity contribution in [2.75, 3.05) is 0 Å². The summed E-state index contributed by atoms with van der Waals surface area (Å²) < 4.78 is 6.10. The van der Waals surface area contributed by atoms with Crippen LogP contribution < -0.4 is 4.74 Å². The lowest BCUT2D eigenvalue weighted by Crippen LogP contribution is -2.48. The van der Waals surface area contributed by atoms with Crippen molar-refractivity contribution < 1.29 is 14.6 Å². The van der Waals surface area contributed by atoms with Crippen molar-refractivity contribution in [3.8, 4) is 5.75 Å². The zero-order chi connectivity index (χ0) is 21.8. The van der Waals surface area contributed by atoms with E-state index in [-0.39, 0.29) is 11.7 Å². The number of allylic oxidation sites excluding steroid dienone is 3. The van der Waals surface area contributed by atoms with Gasteiger partial charge in [0.1, 0.15) is 12.4 Å². The maximum atomic E-state index is 13.1. The lowest BCUT2D eigenvalue weighted by Gasteiger charge is -2.50. The van der Waals surface area contributed by atoms with Crippen LogP contribution in [0.5, 0.6) is 5.75 Å². The lowest BCUT2D eigenvalue weighted by molar-refractivity contribution is -0.113. The quantitative estimate of drug-likeness (QED) is 0.473. The van der Waals surface area contributed by atoms with Crippen LogP contribution in [0.25, 0.3) is 6.08 Å². The van der Waals surface area contributed by atoms with Gasteiger partial charge in [0.2, 0.25) is 0 Å². The molecular formula is C28H30O3. The number of carbonyl (C=O) groups is 1. The fourth-order valence-electron chi connectivity index (χ4n) is 5.21. The highest BCUT2D eigenvalue weighted by molar-refractivity contribution is 6.09. The van der Waals surface area contributed by atoms with Gasteiger partial charge in [0.25, 0.3) is 0 Å². The van der Waals surface area contributed by atoms with Gasteiger partial charge in [0.05, 0.1) is 6.10 Å². The van der Waals surface area contributed by atoms with Crippen LogP contribution in [-0.4, -0.2) is 17.0 Å². The van der Waals surface area contributed by atoms with Crippen LogP contribution in [0.1, 0.15) is 43.7 Å². The maximum absolute atomic E-state index is 13.1. The second kappa shape index (κ2) is 9.07. The van der Waals surface area contributed by atoms with E-state index in [2.05, 4.69) is 13.5 Å². The lowest BCUT2D eigenvalue weighted by atomic mass is 9.55. The summed E-state index contributed by atoms with van der Waals surface area (Å²) in [6.07, 6.45) is 8.33. The Labute approximate surface area is 184 Å². The highest BCUT2D eigenvalue weighted by Gasteiger charge is 2.51. The van der Waals surface area contributed by atoms with Crippen LogP contribution >= 0.6 is 0 Å². The third-order valence-corrected chi connectivity index (χ3v) is 6.89. The molecule has 3 atom stereocenters. The number of aliphatic hydroxyl groups excluding tert-OH is 1. The summed E-state index contributed by atoms with van der Waals surface area (Å²) in [6, 6.07) is 17.8. The van der Waals surface area contributed by atoms with Crippen molar-refractivity contribution in [1.29, 1.82) is 0 Å². The fourth-order valence-corrected chi connectivity index (χ4v) is 5.21. The van der Waals surface area contributed by atoms with Gasteiger partial charge in [-0.2, -0.15) is 0 Å². The molecule has 2 aliphatic carbocycles. The van der Waals surface area contributed by atoms with Crippen molar-refractivity contribution in [2.45, 2.75) is 45.3 Å². The number of ketones is 1. The Morgan fingerprint density at radius 3 is 2.68 bits per heavy atom. The summed E-state index contributed by atoms with van der Waals surface area (Å²) in [5.41, 5.74) is 3.33. The number of hydrogen-bond donors (Lipinski definition) is 1. The molecule has 4 rings (SSSR count). The van der Waals surface area contributed by atoms with E-state index in [1.54, 1.807) is 6.08 Å². The number of rotatable bonds is 6. The zero-order valence-electron chi connectivity index (χ0n) is 18.1. The second-order valence-corrected chi connectivity index (χ2v) is 8.61. The number of carbonyl (C=O) groups excluding carboxylic acids is 1. The molecule has 0 saturated heterocycles. The smallest absolute Gasteiger partial charge is 0.182 e. The first kappa shape index (κ1) is 21.3. The van der Waals surface area contributed by atoms with E-state index >= 15 is 0 Å². The number of aliphatic hydroxyl groups is 1. The molecule has 0 bridgehead atoms. The van der Waals surface area contributed by atoms with Crippen LogP contribution in [0.2, 0.25) is 0 Å². The third-order valence-electron chi connectivity index (χ3n) is 6.89. The monoisotopic (exact) mass is 414 g/mol. The first-order chi connectivity index (χ1) is 15.1. The van der Waals surface area contributed by atoms with Gasteiger partial charge in [-0.05, 0) is 55.4 Å². The van der Waals surface area contributed by atoms with E-state index in [9.17, 15) is 9.90 Å². The highest BCUT2D eigenvalue weighted by Crippen LogP contribution is 2.54. The van der Waals surface area contributed by atoms with E-state index in [4.69, 9.17) is 4.74 Å². The van der Waals surface area contributed by atoms with Gasteiger partial charge in [-0.15, -0.1) is 6.58 Å². The van der Waals surface area contributed by atoms with Gasteiger partial charge in [-0.25, -0.2) is 0 Å². The fraction of sp³-hybridized carbons (Fsp3) is 0.321. The third kappa shape index (κ3) is 4.03.